The molecule has 3 nitrogen and oxygen atoms in total. The fourth-order valence-electron chi connectivity index (χ4n) is 3.63. The number of hydrogen-bond acceptors (Lipinski definition) is 2. The van der Waals surface area contributed by atoms with Crippen molar-refractivity contribution >= 4 is 17.5 Å². The standard InChI is InChI=1S/C19H26ClNO2/c1-13(2)15-8-10-21(11-9-15)18(22)19(12-14(19)3)23-17-6-4-16(20)5-7-17/h4-7,13-15H,8-12H2,1-3H3/t14-,19+/m1/s1. The van der Waals surface area contributed by atoms with Crippen molar-refractivity contribution in [2.45, 2.75) is 45.6 Å². The minimum Gasteiger partial charge on any atom is -0.477 e. The van der Waals surface area contributed by atoms with E-state index in [1.165, 1.54) is 0 Å². The number of likely N-dealkylation sites (tertiary alicyclic amines) is 1. The molecule has 3 rings (SSSR count). The fraction of sp³-hybridized carbons (Fsp3) is 0.632. The molecule has 1 saturated heterocycles. The summed E-state index contributed by atoms with van der Waals surface area (Å²) in [6, 6.07) is 7.29. The summed E-state index contributed by atoms with van der Waals surface area (Å²) in [5, 5.41) is 0.678. The molecule has 4 heteroatoms. The largest absolute Gasteiger partial charge is 0.477 e. The number of hydrogen-bond donors (Lipinski definition) is 0. The molecule has 1 aromatic rings. The Morgan fingerprint density at radius 3 is 2.30 bits per heavy atom. The van der Waals surface area contributed by atoms with Gasteiger partial charge in [0.15, 0.2) is 5.60 Å². The van der Waals surface area contributed by atoms with Gasteiger partial charge >= 0.3 is 0 Å². The minimum absolute atomic E-state index is 0.169. The second-order valence-corrected chi connectivity index (χ2v) is 7.86. The summed E-state index contributed by atoms with van der Waals surface area (Å²) < 4.78 is 6.12. The zero-order valence-electron chi connectivity index (χ0n) is 14.2. The Hall–Kier alpha value is -1.22. The first-order valence-electron chi connectivity index (χ1n) is 8.66. The van der Waals surface area contributed by atoms with Gasteiger partial charge in [-0.2, -0.15) is 0 Å². The molecular formula is C19H26ClNO2. The number of piperidine rings is 1. The minimum atomic E-state index is -0.654. The van der Waals surface area contributed by atoms with Crippen molar-refractivity contribution < 1.29 is 9.53 Å². The highest BCUT2D eigenvalue weighted by atomic mass is 35.5. The van der Waals surface area contributed by atoms with Gasteiger partial charge in [-0.25, -0.2) is 0 Å². The average molecular weight is 336 g/mol. The number of rotatable bonds is 4. The van der Waals surface area contributed by atoms with E-state index in [0.29, 0.717) is 10.9 Å². The van der Waals surface area contributed by atoms with Crippen LogP contribution in [0.5, 0.6) is 5.75 Å². The molecule has 0 N–H and O–H groups in total. The third-order valence-corrected chi connectivity index (χ3v) is 5.74. The monoisotopic (exact) mass is 335 g/mol. The molecular weight excluding hydrogens is 310 g/mol. The lowest BCUT2D eigenvalue weighted by Gasteiger charge is -2.36. The lowest BCUT2D eigenvalue weighted by molar-refractivity contribution is -0.143. The molecule has 126 valence electrons. The van der Waals surface area contributed by atoms with E-state index in [1.54, 1.807) is 12.1 Å². The highest BCUT2D eigenvalue weighted by molar-refractivity contribution is 6.30. The summed E-state index contributed by atoms with van der Waals surface area (Å²) in [5.41, 5.74) is -0.654. The molecule has 2 fully saturated rings. The molecule has 2 aliphatic rings. The Balaban J connectivity index is 1.66. The molecule has 1 aromatic carbocycles. The van der Waals surface area contributed by atoms with Crippen molar-refractivity contribution in [2.75, 3.05) is 13.1 Å². The molecule has 1 aliphatic heterocycles. The van der Waals surface area contributed by atoms with Crippen molar-refractivity contribution in [3.8, 4) is 5.75 Å². The number of ether oxygens (including phenoxy) is 1. The Labute approximate surface area is 144 Å². The maximum atomic E-state index is 13.0. The first-order chi connectivity index (χ1) is 10.9. The molecule has 0 bridgehead atoms. The molecule has 0 unspecified atom stereocenters. The van der Waals surface area contributed by atoms with E-state index < -0.39 is 5.60 Å². The summed E-state index contributed by atoms with van der Waals surface area (Å²) in [6.45, 7) is 8.36. The number of benzene rings is 1. The molecule has 1 saturated carbocycles. The lowest BCUT2D eigenvalue weighted by atomic mass is 9.86. The van der Waals surface area contributed by atoms with E-state index in [0.717, 1.165) is 44.0 Å². The van der Waals surface area contributed by atoms with E-state index in [-0.39, 0.29) is 11.8 Å². The third-order valence-electron chi connectivity index (χ3n) is 5.49. The van der Waals surface area contributed by atoms with Crippen molar-refractivity contribution in [1.82, 2.24) is 4.90 Å². The van der Waals surface area contributed by atoms with Crippen LogP contribution < -0.4 is 4.74 Å². The van der Waals surface area contributed by atoms with E-state index in [4.69, 9.17) is 16.3 Å². The first kappa shape index (κ1) is 16.6. The van der Waals surface area contributed by atoms with Gasteiger partial charge in [0.25, 0.3) is 5.91 Å². The zero-order valence-corrected chi connectivity index (χ0v) is 15.0. The average Bonchev–Trinajstić information content (AvgIpc) is 3.20. The van der Waals surface area contributed by atoms with E-state index in [1.807, 2.05) is 17.0 Å². The Morgan fingerprint density at radius 1 is 1.26 bits per heavy atom. The predicted octanol–water partition coefficient (Wildman–Crippen LogP) is 4.39. The zero-order chi connectivity index (χ0) is 16.6. The molecule has 1 amide bonds. The Morgan fingerprint density at radius 2 is 1.83 bits per heavy atom. The summed E-state index contributed by atoms with van der Waals surface area (Å²) in [7, 11) is 0. The van der Waals surface area contributed by atoms with Crippen LogP contribution in [0.2, 0.25) is 5.02 Å². The fourth-order valence-corrected chi connectivity index (χ4v) is 3.76. The number of nitrogens with zero attached hydrogens (tertiary/aromatic N) is 1. The first-order valence-corrected chi connectivity index (χ1v) is 9.04. The van der Waals surface area contributed by atoms with Gasteiger partial charge < -0.3 is 9.64 Å². The van der Waals surface area contributed by atoms with Crippen LogP contribution in [0.4, 0.5) is 0 Å². The maximum Gasteiger partial charge on any atom is 0.267 e. The van der Waals surface area contributed by atoms with E-state index in [2.05, 4.69) is 20.8 Å². The summed E-state index contributed by atoms with van der Waals surface area (Å²) >= 11 is 5.92. The number of amides is 1. The van der Waals surface area contributed by atoms with Crippen LogP contribution in [0.25, 0.3) is 0 Å². The number of carbonyl (C=O) groups excluding carboxylic acids is 1. The van der Waals surface area contributed by atoms with Crippen molar-refractivity contribution in [3.63, 3.8) is 0 Å². The van der Waals surface area contributed by atoms with Crippen LogP contribution in [-0.2, 0) is 4.79 Å². The molecule has 23 heavy (non-hydrogen) atoms. The van der Waals surface area contributed by atoms with Gasteiger partial charge in [0.2, 0.25) is 0 Å². The van der Waals surface area contributed by atoms with Gasteiger partial charge in [-0.1, -0.05) is 32.4 Å². The highest BCUT2D eigenvalue weighted by Crippen LogP contribution is 2.48. The van der Waals surface area contributed by atoms with Gasteiger partial charge in [-0.3, -0.25) is 4.79 Å². The molecule has 0 radical (unpaired) electrons. The van der Waals surface area contributed by atoms with Crippen LogP contribution in [0, 0.1) is 17.8 Å². The second-order valence-electron chi connectivity index (χ2n) is 7.42. The summed E-state index contributed by atoms with van der Waals surface area (Å²) in [6.07, 6.45) is 3.02. The van der Waals surface area contributed by atoms with Gasteiger partial charge in [0.1, 0.15) is 5.75 Å². The van der Waals surface area contributed by atoms with E-state index >= 15 is 0 Å². The number of carbonyl (C=O) groups is 1. The van der Waals surface area contributed by atoms with Crippen LogP contribution in [0.1, 0.15) is 40.0 Å². The Kier molecular flexibility index (Phi) is 4.59. The number of halogens is 1. The lowest BCUT2D eigenvalue weighted by Crippen LogP contribution is -2.48. The summed E-state index contributed by atoms with van der Waals surface area (Å²) in [5.74, 6) is 2.61. The summed E-state index contributed by atoms with van der Waals surface area (Å²) in [4.78, 5) is 15.0. The normalized spacial score (nSPS) is 28.0. The maximum absolute atomic E-state index is 13.0. The van der Waals surface area contributed by atoms with Crippen LogP contribution in [-0.4, -0.2) is 29.5 Å². The van der Waals surface area contributed by atoms with Crippen molar-refractivity contribution in [2.24, 2.45) is 17.8 Å². The molecule has 1 aliphatic carbocycles. The van der Waals surface area contributed by atoms with Gasteiger partial charge in [0, 0.05) is 30.5 Å². The quantitative estimate of drug-likeness (QED) is 0.816. The third kappa shape index (κ3) is 3.35. The van der Waals surface area contributed by atoms with Crippen molar-refractivity contribution in [1.29, 1.82) is 0 Å². The van der Waals surface area contributed by atoms with Gasteiger partial charge in [0.05, 0.1) is 0 Å². The molecule has 2 atom stereocenters. The molecule has 1 heterocycles. The SMILES string of the molecule is CC(C)C1CCN(C(=O)[C@]2(Oc3ccc(Cl)cc3)C[C@H]2C)CC1. The van der Waals surface area contributed by atoms with Crippen LogP contribution >= 0.6 is 11.6 Å². The Bertz CT molecular complexity index is 563. The molecule has 0 aromatic heterocycles. The smallest absolute Gasteiger partial charge is 0.267 e. The van der Waals surface area contributed by atoms with Gasteiger partial charge in [-0.15, -0.1) is 0 Å². The predicted molar refractivity (Wildman–Crippen MR) is 92.7 cm³/mol. The highest BCUT2D eigenvalue weighted by Gasteiger charge is 2.62. The molecule has 0 spiro atoms. The topological polar surface area (TPSA) is 29.5 Å². The van der Waals surface area contributed by atoms with Crippen molar-refractivity contribution in [3.05, 3.63) is 29.3 Å². The van der Waals surface area contributed by atoms with Crippen LogP contribution in [0.3, 0.4) is 0 Å². The van der Waals surface area contributed by atoms with Crippen LogP contribution in [0.15, 0.2) is 24.3 Å². The van der Waals surface area contributed by atoms with Gasteiger partial charge in [-0.05, 0) is 48.9 Å². The van der Waals surface area contributed by atoms with E-state index in [9.17, 15) is 4.79 Å². The second kappa shape index (κ2) is 6.35.